The van der Waals surface area contributed by atoms with Gasteiger partial charge in [-0.1, -0.05) is 13.8 Å². The van der Waals surface area contributed by atoms with E-state index in [1.165, 1.54) is 13.1 Å². The van der Waals surface area contributed by atoms with Gasteiger partial charge in [-0.3, -0.25) is 4.79 Å². The molecular weight excluding hydrogens is 347 g/mol. The summed E-state index contributed by atoms with van der Waals surface area (Å²) >= 11 is 0. The molecule has 1 heterocycles. The van der Waals surface area contributed by atoms with Crippen molar-refractivity contribution >= 4 is 43.1 Å². The van der Waals surface area contributed by atoms with Crippen molar-refractivity contribution in [1.82, 2.24) is 15.1 Å². The van der Waals surface area contributed by atoms with Crippen LogP contribution in [0.15, 0.2) is 0 Å². The Balaban J connectivity index is -0.00000120. The Bertz CT molecular complexity index is 264. The third kappa shape index (κ3) is 11.7. The molecule has 1 unspecified atom stereocenters. The van der Waals surface area contributed by atoms with Gasteiger partial charge < -0.3 is 20.9 Å². The van der Waals surface area contributed by atoms with Crippen molar-refractivity contribution in [3.05, 3.63) is 0 Å². The zero-order valence-corrected chi connectivity index (χ0v) is 16.2. The fourth-order valence-corrected chi connectivity index (χ4v) is 2.43. The van der Waals surface area contributed by atoms with Crippen molar-refractivity contribution in [1.29, 1.82) is 0 Å². The Morgan fingerprint density at radius 2 is 1.68 bits per heavy atom. The molecule has 1 rings (SSSR count). The second-order valence-electron chi connectivity index (χ2n) is 5.54. The Morgan fingerprint density at radius 1 is 1.14 bits per heavy atom. The van der Waals surface area contributed by atoms with Crippen LogP contribution in [0.5, 0.6) is 0 Å². The molecule has 8 heteroatoms. The minimum absolute atomic E-state index is 0. The first-order chi connectivity index (χ1) is 9.15. The number of amides is 1. The maximum atomic E-state index is 11.5. The summed E-state index contributed by atoms with van der Waals surface area (Å²) in [6.07, 6.45) is 1.33. The van der Waals surface area contributed by atoms with Crippen molar-refractivity contribution in [3.8, 4) is 0 Å². The van der Waals surface area contributed by atoms with E-state index >= 15 is 0 Å². The van der Waals surface area contributed by atoms with Crippen LogP contribution in [0, 0.1) is 5.92 Å². The number of nitrogens with zero attached hydrogens (tertiary/aromatic N) is 2. The summed E-state index contributed by atoms with van der Waals surface area (Å²) in [4.78, 5) is 16.5. The molecule has 0 bridgehead atoms. The molecule has 1 amide bonds. The summed E-state index contributed by atoms with van der Waals surface area (Å²) < 4.78 is 0. The van der Waals surface area contributed by atoms with E-state index in [0.29, 0.717) is 18.9 Å². The molecule has 0 aromatic heterocycles. The molecule has 1 atom stereocenters. The van der Waals surface area contributed by atoms with Gasteiger partial charge in [-0.2, -0.15) is 0 Å². The SMILES string of the molecule is CCN1CCN(CC(C)CNC(=O)CCCN)CC1.Cl.Cl.Cl. The number of piperazine rings is 1. The highest BCUT2D eigenvalue weighted by molar-refractivity contribution is 5.86. The Hall–Kier alpha value is 0.220. The molecular formula is C14H33Cl3N4O. The van der Waals surface area contributed by atoms with Crippen LogP contribution < -0.4 is 11.1 Å². The lowest BCUT2D eigenvalue weighted by Gasteiger charge is -2.35. The highest BCUT2D eigenvalue weighted by Crippen LogP contribution is 2.05. The van der Waals surface area contributed by atoms with Gasteiger partial charge in [0.05, 0.1) is 0 Å². The number of rotatable bonds is 8. The topological polar surface area (TPSA) is 61.6 Å². The predicted octanol–water partition coefficient (Wildman–Crippen LogP) is 1.38. The number of carbonyl (C=O) groups is 1. The summed E-state index contributed by atoms with van der Waals surface area (Å²) in [5.74, 6) is 0.642. The van der Waals surface area contributed by atoms with Crippen molar-refractivity contribution in [3.63, 3.8) is 0 Å². The quantitative estimate of drug-likeness (QED) is 0.669. The van der Waals surface area contributed by atoms with E-state index < -0.39 is 0 Å². The highest BCUT2D eigenvalue weighted by Gasteiger charge is 2.17. The van der Waals surface area contributed by atoms with Crippen molar-refractivity contribution in [2.45, 2.75) is 26.7 Å². The molecule has 0 saturated carbocycles. The largest absolute Gasteiger partial charge is 0.356 e. The molecule has 0 aromatic carbocycles. The standard InChI is InChI=1S/C14H30N4O.3ClH/c1-3-17-7-9-18(10-8-17)12-13(2)11-16-14(19)5-4-6-15;;;/h13H,3-12,15H2,1-2H3,(H,16,19);3*1H. The zero-order chi connectivity index (χ0) is 14.1. The molecule has 5 nitrogen and oxygen atoms in total. The first kappa shape index (κ1) is 27.1. The van der Waals surface area contributed by atoms with Gasteiger partial charge in [-0.25, -0.2) is 0 Å². The van der Waals surface area contributed by atoms with Gasteiger partial charge in [0, 0.05) is 45.7 Å². The second-order valence-corrected chi connectivity index (χ2v) is 5.54. The molecule has 0 aliphatic carbocycles. The Kier molecular flexibility index (Phi) is 19.8. The number of halogens is 3. The molecule has 136 valence electrons. The lowest BCUT2D eigenvalue weighted by molar-refractivity contribution is -0.121. The second kappa shape index (κ2) is 16.1. The van der Waals surface area contributed by atoms with E-state index in [0.717, 1.165) is 39.1 Å². The van der Waals surface area contributed by atoms with Gasteiger partial charge in [-0.05, 0) is 25.4 Å². The maximum Gasteiger partial charge on any atom is 0.220 e. The zero-order valence-electron chi connectivity index (χ0n) is 13.8. The van der Waals surface area contributed by atoms with Crippen LogP contribution in [0.1, 0.15) is 26.7 Å². The Labute approximate surface area is 154 Å². The summed E-state index contributed by atoms with van der Waals surface area (Å²) in [5, 5.41) is 3.00. The summed E-state index contributed by atoms with van der Waals surface area (Å²) in [5.41, 5.74) is 5.39. The van der Waals surface area contributed by atoms with Gasteiger partial charge >= 0.3 is 0 Å². The normalized spacial score (nSPS) is 16.7. The van der Waals surface area contributed by atoms with Gasteiger partial charge in [0.25, 0.3) is 0 Å². The molecule has 1 aliphatic rings. The number of nitrogens with one attached hydrogen (secondary N) is 1. The van der Waals surface area contributed by atoms with Gasteiger partial charge in [0.2, 0.25) is 5.91 Å². The average Bonchev–Trinajstić information content (AvgIpc) is 2.43. The number of carbonyl (C=O) groups excluding carboxylic acids is 1. The van der Waals surface area contributed by atoms with E-state index in [1.54, 1.807) is 0 Å². The fraction of sp³-hybridized carbons (Fsp3) is 0.929. The van der Waals surface area contributed by atoms with Crippen LogP contribution in [0.4, 0.5) is 0 Å². The highest BCUT2D eigenvalue weighted by atomic mass is 35.5. The number of hydrogen-bond donors (Lipinski definition) is 2. The minimum atomic E-state index is 0. The molecule has 3 N–H and O–H groups in total. The molecule has 0 spiro atoms. The summed E-state index contributed by atoms with van der Waals surface area (Å²) in [6.45, 7) is 12.7. The third-order valence-corrected chi connectivity index (χ3v) is 3.74. The van der Waals surface area contributed by atoms with Crippen LogP contribution >= 0.6 is 37.2 Å². The maximum absolute atomic E-state index is 11.5. The summed E-state index contributed by atoms with van der Waals surface area (Å²) in [6, 6.07) is 0. The van der Waals surface area contributed by atoms with Crippen LogP contribution in [0.2, 0.25) is 0 Å². The molecule has 1 aliphatic heterocycles. The van der Waals surface area contributed by atoms with Crippen LogP contribution in [-0.2, 0) is 4.79 Å². The van der Waals surface area contributed by atoms with Gasteiger partial charge in [0.1, 0.15) is 0 Å². The van der Waals surface area contributed by atoms with Crippen molar-refractivity contribution < 1.29 is 4.79 Å². The van der Waals surface area contributed by atoms with Crippen LogP contribution in [0.25, 0.3) is 0 Å². The molecule has 1 saturated heterocycles. The third-order valence-electron chi connectivity index (χ3n) is 3.74. The lowest BCUT2D eigenvalue weighted by Crippen LogP contribution is -2.48. The van der Waals surface area contributed by atoms with E-state index in [4.69, 9.17) is 5.73 Å². The summed E-state index contributed by atoms with van der Waals surface area (Å²) in [7, 11) is 0. The van der Waals surface area contributed by atoms with Crippen molar-refractivity contribution in [2.75, 3.05) is 52.4 Å². The molecule has 22 heavy (non-hydrogen) atoms. The smallest absolute Gasteiger partial charge is 0.220 e. The molecule has 1 fully saturated rings. The monoisotopic (exact) mass is 378 g/mol. The van der Waals surface area contributed by atoms with E-state index in [1.807, 2.05) is 0 Å². The number of nitrogens with two attached hydrogens (primary N) is 1. The first-order valence-corrected chi connectivity index (χ1v) is 7.57. The molecule has 0 aromatic rings. The fourth-order valence-electron chi connectivity index (χ4n) is 2.43. The average molecular weight is 380 g/mol. The van der Waals surface area contributed by atoms with Crippen LogP contribution in [0.3, 0.4) is 0 Å². The van der Waals surface area contributed by atoms with Crippen LogP contribution in [-0.4, -0.2) is 68.1 Å². The van der Waals surface area contributed by atoms with Gasteiger partial charge in [0.15, 0.2) is 0 Å². The van der Waals surface area contributed by atoms with E-state index in [2.05, 4.69) is 29.0 Å². The lowest BCUT2D eigenvalue weighted by atomic mass is 10.1. The Morgan fingerprint density at radius 3 is 2.18 bits per heavy atom. The number of hydrogen-bond acceptors (Lipinski definition) is 4. The molecule has 0 radical (unpaired) electrons. The van der Waals surface area contributed by atoms with Crippen molar-refractivity contribution in [2.24, 2.45) is 11.7 Å². The minimum Gasteiger partial charge on any atom is -0.356 e. The number of likely N-dealkylation sites (N-methyl/N-ethyl adjacent to an activating group) is 1. The predicted molar refractivity (Wildman–Crippen MR) is 101 cm³/mol. The van der Waals surface area contributed by atoms with E-state index in [-0.39, 0.29) is 43.1 Å². The first-order valence-electron chi connectivity index (χ1n) is 7.57. The van der Waals surface area contributed by atoms with Gasteiger partial charge in [-0.15, -0.1) is 37.2 Å². The van der Waals surface area contributed by atoms with E-state index in [9.17, 15) is 4.79 Å².